The van der Waals surface area contributed by atoms with Gasteiger partial charge >= 0.3 is 5.97 Å². The zero-order valence-corrected chi connectivity index (χ0v) is 9.98. The second-order valence-corrected chi connectivity index (χ2v) is 3.72. The molecule has 98 valence electrons. The van der Waals surface area contributed by atoms with E-state index in [0.29, 0.717) is 0 Å². The van der Waals surface area contributed by atoms with Gasteiger partial charge in [-0.05, 0) is 24.3 Å². The number of rotatable bonds is 2. The molecule has 0 radical (unpaired) electrons. The molecular formula is C13H10F2N2O2. The molecule has 0 amide bonds. The topological polar surface area (TPSA) is 65.2 Å². The van der Waals surface area contributed by atoms with Gasteiger partial charge in [0.1, 0.15) is 11.6 Å². The minimum atomic E-state index is -0.770. The summed E-state index contributed by atoms with van der Waals surface area (Å²) in [6.07, 6.45) is 0. The Morgan fingerprint density at radius 3 is 2.42 bits per heavy atom. The van der Waals surface area contributed by atoms with E-state index in [2.05, 4.69) is 9.72 Å². The average Bonchev–Trinajstić information content (AvgIpc) is 2.39. The fourth-order valence-electron chi connectivity index (χ4n) is 1.61. The predicted octanol–water partition coefficient (Wildman–Crippen LogP) is 2.40. The zero-order valence-electron chi connectivity index (χ0n) is 9.98. The first-order chi connectivity index (χ1) is 9.04. The van der Waals surface area contributed by atoms with E-state index < -0.39 is 17.6 Å². The molecule has 0 aliphatic carbocycles. The van der Waals surface area contributed by atoms with Crippen molar-refractivity contribution in [1.29, 1.82) is 0 Å². The number of hydrogen-bond acceptors (Lipinski definition) is 4. The minimum Gasteiger partial charge on any atom is -0.464 e. The van der Waals surface area contributed by atoms with Gasteiger partial charge in [-0.1, -0.05) is 6.07 Å². The van der Waals surface area contributed by atoms with Gasteiger partial charge < -0.3 is 10.5 Å². The second kappa shape index (κ2) is 5.01. The van der Waals surface area contributed by atoms with Crippen LogP contribution in [0.25, 0.3) is 11.3 Å². The lowest BCUT2D eigenvalue weighted by Crippen LogP contribution is -2.09. The number of methoxy groups -OCH3 is 1. The highest BCUT2D eigenvalue weighted by Crippen LogP contribution is 2.26. The third-order valence-corrected chi connectivity index (χ3v) is 2.52. The SMILES string of the molecule is COC(=O)c1nc(-c2c(F)cccc2F)ccc1N. The van der Waals surface area contributed by atoms with Gasteiger partial charge in [0.2, 0.25) is 0 Å². The Bertz CT molecular complexity index is 624. The summed E-state index contributed by atoms with van der Waals surface area (Å²) in [5.41, 5.74) is 5.13. The maximum atomic E-state index is 13.6. The van der Waals surface area contributed by atoms with Crippen LogP contribution in [0.15, 0.2) is 30.3 Å². The molecule has 0 unspecified atom stereocenters. The lowest BCUT2D eigenvalue weighted by atomic mass is 10.1. The van der Waals surface area contributed by atoms with Crippen LogP contribution in [0.2, 0.25) is 0 Å². The van der Waals surface area contributed by atoms with Crippen molar-refractivity contribution in [1.82, 2.24) is 4.98 Å². The number of ether oxygens (including phenoxy) is 1. The number of aromatic nitrogens is 1. The van der Waals surface area contributed by atoms with Crippen LogP contribution < -0.4 is 5.73 Å². The quantitative estimate of drug-likeness (QED) is 0.846. The second-order valence-electron chi connectivity index (χ2n) is 3.72. The number of carbonyl (C=O) groups excluding carboxylic acids is 1. The lowest BCUT2D eigenvalue weighted by Gasteiger charge is -2.08. The number of carbonyl (C=O) groups is 1. The van der Waals surface area contributed by atoms with Crippen molar-refractivity contribution in [3.8, 4) is 11.3 Å². The number of halogens is 2. The van der Waals surface area contributed by atoms with E-state index >= 15 is 0 Å². The van der Waals surface area contributed by atoms with Crippen molar-refractivity contribution in [2.24, 2.45) is 0 Å². The van der Waals surface area contributed by atoms with Crippen molar-refractivity contribution in [2.45, 2.75) is 0 Å². The highest BCUT2D eigenvalue weighted by molar-refractivity contribution is 5.93. The molecule has 0 aliphatic rings. The largest absolute Gasteiger partial charge is 0.464 e. The Balaban J connectivity index is 2.61. The maximum absolute atomic E-state index is 13.6. The molecule has 0 saturated carbocycles. The van der Waals surface area contributed by atoms with Gasteiger partial charge in [-0.25, -0.2) is 18.6 Å². The van der Waals surface area contributed by atoms with Crippen LogP contribution in [0.3, 0.4) is 0 Å². The normalized spacial score (nSPS) is 10.3. The van der Waals surface area contributed by atoms with E-state index in [0.717, 1.165) is 12.1 Å². The summed E-state index contributed by atoms with van der Waals surface area (Å²) >= 11 is 0. The molecule has 2 aromatic rings. The van der Waals surface area contributed by atoms with Crippen LogP contribution in [0.1, 0.15) is 10.5 Å². The summed E-state index contributed by atoms with van der Waals surface area (Å²) in [6.45, 7) is 0. The van der Waals surface area contributed by atoms with Gasteiger partial charge in [0.25, 0.3) is 0 Å². The molecule has 1 aromatic carbocycles. The predicted molar refractivity (Wildman–Crippen MR) is 65.3 cm³/mol. The number of pyridine rings is 1. The third-order valence-electron chi connectivity index (χ3n) is 2.52. The molecule has 0 aliphatic heterocycles. The van der Waals surface area contributed by atoms with E-state index in [1.165, 1.54) is 25.3 Å². The molecule has 2 rings (SSSR count). The highest BCUT2D eigenvalue weighted by atomic mass is 19.1. The standard InChI is InChI=1S/C13H10F2N2O2/c1-19-13(18)12-9(16)5-6-10(17-12)11-7(14)3-2-4-8(11)15/h2-6H,16H2,1H3. The molecule has 0 fully saturated rings. The smallest absolute Gasteiger partial charge is 0.358 e. The van der Waals surface area contributed by atoms with Crippen molar-refractivity contribution < 1.29 is 18.3 Å². The number of esters is 1. The molecular weight excluding hydrogens is 254 g/mol. The highest BCUT2D eigenvalue weighted by Gasteiger charge is 2.17. The molecule has 6 heteroatoms. The van der Waals surface area contributed by atoms with Crippen molar-refractivity contribution >= 4 is 11.7 Å². The van der Waals surface area contributed by atoms with Gasteiger partial charge in [-0.3, -0.25) is 0 Å². The van der Waals surface area contributed by atoms with E-state index in [9.17, 15) is 13.6 Å². The Kier molecular flexibility index (Phi) is 3.41. The minimum absolute atomic E-state index is 0.0230. The Morgan fingerprint density at radius 1 is 1.21 bits per heavy atom. The summed E-state index contributed by atoms with van der Waals surface area (Å²) in [6, 6.07) is 6.14. The van der Waals surface area contributed by atoms with Gasteiger partial charge in [-0.15, -0.1) is 0 Å². The van der Waals surface area contributed by atoms with Gasteiger partial charge in [0, 0.05) is 0 Å². The molecule has 0 bridgehead atoms. The first kappa shape index (κ1) is 12.9. The van der Waals surface area contributed by atoms with Crippen molar-refractivity contribution in [3.63, 3.8) is 0 Å². The summed E-state index contributed by atoms with van der Waals surface area (Å²) in [4.78, 5) is 15.3. The Hall–Kier alpha value is -2.50. The number of nitrogens with two attached hydrogens (primary N) is 1. The monoisotopic (exact) mass is 264 g/mol. The van der Waals surface area contributed by atoms with E-state index in [1.807, 2.05) is 0 Å². The number of hydrogen-bond donors (Lipinski definition) is 1. The number of anilines is 1. The summed E-state index contributed by atoms with van der Waals surface area (Å²) < 4.78 is 31.7. The summed E-state index contributed by atoms with van der Waals surface area (Å²) in [5.74, 6) is -2.31. The molecule has 0 atom stereocenters. The first-order valence-corrected chi connectivity index (χ1v) is 5.34. The molecule has 19 heavy (non-hydrogen) atoms. The lowest BCUT2D eigenvalue weighted by molar-refractivity contribution is 0.0595. The molecule has 0 spiro atoms. The molecule has 4 nitrogen and oxygen atoms in total. The number of benzene rings is 1. The average molecular weight is 264 g/mol. The van der Waals surface area contributed by atoms with E-state index in [1.54, 1.807) is 0 Å². The molecule has 1 aromatic heterocycles. The molecule has 1 heterocycles. The van der Waals surface area contributed by atoms with Crippen LogP contribution in [0.5, 0.6) is 0 Å². The van der Waals surface area contributed by atoms with E-state index in [-0.39, 0.29) is 22.6 Å². The molecule has 2 N–H and O–H groups in total. The zero-order chi connectivity index (χ0) is 14.0. The fourth-order valence-corrected chi connectivity index (χ4v) is 1.61. The number of nitrogens with zero attached hydrogens (tertiary/aromatic N) is 1. The van der Waals surface area contributed by atoms with Gasteiger partial charge in [0.05, 0.1) is 24.1 Å². The van der Waals surface area contributed by atoms with Crippen LogP contribution in [-0.2, 0) is 4.74 Å². The fraction of sp³-hybridized carbons (Fsp3) is 0.0769. The Labute approximate surface area is 107 Å². The number of nitrogen functional groups attached to an aromatic ring is 1. The third kappa shape index (κ3) is 2.37. The summed E-state index contributed by atoms with van der Waals surface area (Å²) in [7, 11) is 1.17. The van der Waals surface area contributed by atoms with Crippen LogP contribution >= 0.6 is 0 Å². The van der Waals surface area contributed by atoms with Gasteiger partial charge in [0.15, 0.2) is 5.69 Å². The summed E-state index contributed by atoms with van der Waals surface area (Å²) in [5, 5.41) is 0. The van der Waals surface area contributed by atoms with Crippen molar-refractivity contribution in [3.05, 3.63) is 47.7 Å². The van der Waals surface area contributed by atoms with Crippen LogP contribution in [-0.4, -0.2) is 18.1 Å². The van der Waals surface area contributed by atoms with Gasteiger partial charge in [-0.2, -0.15) is 0 Å². The first-order valence-electron chi connectivity index (χ1n) is 5.34. The van der Waals surface area contributed by atoms with Crippen molar-refractivity contribution in [2.75, 3.05) is 12.8 Å². The maximum Gasteiger partial charge on any atom is 0.358 e. The van der Waals surface area contributed by atoms with Crippen LogP contribution in [0, 0.1) is 11.6 Å². The van der Waals surface area contributed by atoms with Crippen LogP contribution in [0.4, 0.5) is 14.5 Å². The van der Waals surface area contributed by atoms with E-state index in [4.69, 9.17) is 5.73 Å². The molecule has 0 saturated heterocycles. The Morgan fingerprint density at radius 2 is 1.84 bits per heavy atom.